The summed E-state index contributed by atoms with van der Waals surface area (Å²) in [6.45, 7) is 0. The predicted molar refractivity (Wildman–Crippen MR) is 94.4 cm³/mol. The summed E-state index contributed by atoms with van der Waals surface area (Å²) in [5.74, 6) is -0.769. The maximum absolute atomic E-state index is 12.6. The van der Waals surface area contributed by atoms with Crippen molar-refractivity contribution in [2.75, 3.05) is 19.2 Å². The standard InChI is InChI=1S/C19H16N2O5/c1-25-15-9-3-12(4-10-15)11-16-17(22)20-21(18(16)23)14-7-5-13(6-8-14)19(24)26-2/h3-11H,1-2H3,(H,20,22)/b16-11-. The number of nitrogens with one attached hydrogen (secondary N) is 1. The lowest BCUT2D eigenvalue weighted by Gasteiger charge is -2.14. The molecular formula is C19H16N2O5. The fourth-order valence-corrected chi connectivity index (χ4v) is 2.47. The van der Waals surface area contributed by atoms with Crippen LogP contribution in [0.2, 0.25) is 0 Å². The summed E-state index contributed by atoms with van der Waals surface area (Å²) in [7, 11) is 2.85. The molecule has 7 nitrogen and oxygen atoms in total. The van der Waals surface area contributed by atoms with E-state index >= 15 is 0 Å². The highest BCUT2D eigenvalue weighted by molar-refractivity contribution is 6.31. The fourth-order valence-electron chi connectivity index (χ4n) is 2.47. The van der Waals surface area contributed by atoms with Gasteiger partial charge >= 0.3 is 5.97 Å². The molecule has 0 saturated carbocycles. The van der Waals surface area contributed by atoms with E-state index in [0.29, 0.717) is 22.6 Å². The Kier molecular flexibility index (Phi) is 4.70. The molecular weight excluding hydrogens is 336 g/mol. The molecule has 1 aliphatic rings. The highest BCUT2D eigenvalue weighted by Crippen LogP contribution is 2.22. The summed E-state index contributed by atoms with van der Waals surface area (Å²) in [6.07, 6.45) is 1.51. The summed E-state index contributed by atoms with van der Waals surface area (Å²) in [5, 5.41) is 1.14. The number of hydrogen-bond donors (Lipinski definition) is 1. The van der Waals surface area contributed by atoms with Crippen molar-refractivity contribution in [3.05, 3.63) is 65.2 Å². The Morgan fingerprint density at radius 1 is 1.00 bits per heavy atom. The Morgan fingerprint density at radius 3 is 2.23 bits per heavy atom. The van der Waals surface area contributed by atoms with Gasteiger partial charge in [-0.25, -0.2) is 9.80 Å². The molecule has 0 aliphatic carbocycles. The van der Waals surface area contributed by atoms with Crippen LogP contribution in [0.25, 0.3) is 6.08 Å². The van der Waals surface area contributed by atoms with E-state index in [1.807, 2.05) is 0 Å². The summed E-state index contributed by atoms with van der Waals surface area (Å²) >= 11 is 0. The lowest BCUT2D eigenvalue weighted by Crippen LogP contribution is -2.35. The molecule has 1 aliphatic heterocycles. The van der Waals surface area contributed by atoms with Gasteiger partial charge in [0.15, 0.2) is 0 Å². The molecule has 1 N–H and O–H groups in total. The molecule has 2 aromatic rings. The number of carbonyl (C=O) groups excluding carboxylic acids is 3. The Hall–Kier alpha value is -3.61. The van der Waals surface area contributed by atoms with E-state index in [-0.39, 0.29) is 5.57 Å². The van der Waals surface area contributed by atoms with Crippen molar-refractivity contribution < 1.29 is 23.9 Å². The fraction of sp³-hybridized carbons (Fsp3) is 0.105. The van der Waals surface area contributed by atoms with Gasteiger partial charge in [0.25, 0.3) is 11.8 Å². The van der Waals surface area contributed by atoms with E-state index in [2.05, 4.69) is 10.2 Å². The monoisotopic (exact) mass is 352 g/mol. The number of methoxy groups -OCH3 is 2. The zero-order chi connectivity index (χ0) is 18.7. The van der Waals surface area contributed by atoms with E-state index in [1.54, 1.807) is 43.5 Å². The van der Waals surface area contributed by atoms with Gasteiger partial charge in [-0.15, -0.1) is 0 Å². The van der Waals surface area contributed by atoms with Crippen molar-refractivity contribution in [2.45, 2.75) is 0 Å². The summed E-state index contributed by atoms with van der Waals surface area (Å²) in [5.41, 5.74) is 4.02. The van der Waals surface area contributed by atoms with Gasteiger partial charge in [-0.3, -0.25) is 15.0 Å². The number of hydrogen-bond acceptors (Lipinski definition) is 5. The quantitative estimate of drug-likeness (QED) is 0.516. The molecule has 0 unspecified atom stereocenters. The average molecular weight is 352 g/mol. The number of anilines is 1. The van der Waals surface area contributed by atoms with E-state index in [0.717, 1.165) is 5.01 Å². The first-order valence-electron chi connectivity index (χ1n) is 7.73. The third-order valence-electron chi connectivity index (χ3n) is 3.86. The van der Waals surface area contributed by atoms with Crippen LogP contribution in [-0.4, -0.2) is 32.0 Å². The number of amides is 2. The van der Waals surface area contributed by atoms with Gasteiger partial charge in [0.1, 0.15) is 11.3 Å². The first-order valence-corrected chi connectivity index (χ1v) is 7.73. The van der Waals surface area contributed by atoms with Crippen LogP contribution in [0.5, 0.6) is 5.75 Å². The molecule has 132 valence electrons. The Balaban J connectivity index is 1.84. The van der Waals surface area contributed by atoms with Gasteiger partial charge in [0.2, 0.25) is 0 Å². The zero-order valence-electron chi connectivity index (χ0n) is 14.2. The van der Waals surface area contributed by atoms with Crippen molar-refractivity contribution in [2.24, 2.45) is 0 Å². The number of benzene rings is 2. The Bertz CT molecular complexity index is 885. The number of esters is 1. The van der Waals surface area contributed by atoms with Crippen LogP contribution in [0.3, 0.4) is 0 Å². The lowest BCUT2D eigenvalue weighted by molar-refractivity contribution is -0.117. The van der Waals surface area contributed by atoms with Crippen LogP contribution in [0, 0.1) is 0 Å². The summed E-state index contributed by atoms with van der Waals surface area (Å²) < 4.78 is 9.72. The molecule has 1 heterocycles. The van der Waals surface area contributed by atoms with Gasteiger partial charge in [0, 0.05) is 0 Å². The second-order valence-electron chi connectivity index (χ2n) is 5.45. The molecule has 2 aromatic carbocycles. The van der Waals surface area contributed by atoms with Crippen LogP contribution >= 0.6 is 0 Å². The van der Waals surface area contributed by atoms with Crippen LogP contribution in [0.1, 0.15) is 15.9 Å². The second-order valence-corrected chi connectivity index (χ2v) is 5.45. The smallest absolute Gasteiger partial charge is 0.337 e. The van der Waals surface area contributed by atoms with Crippen LogP contribution in [0.15, 0.2) is 54.1 Å². The summed E-state index contributed by atoms with van der Waals surface area (Å²) in [6, 6.07) is 13.1. The van der Waals surface area contributed by atoms with Crippen LogP contribution in [0.4, 0.5) is 5.69 Å². The third-order valence-corrected chi connectivity index (χ3v) is 3.86. The van der Waals surface area contributed by atoms with Gasteiger partial charge in [-0.1, -0.05) is 12.1 Å². The molecule has 1 fully saturated rings. The van der Waals surface area contributed by atoms with Crippen LogP contribution in [-0.2, 0) is 14.3 Å². The molecule has 0 radical (unpaired) electrons. The predicted octanol–water partition coefficient (Wildman–Crippen LogP) is 1.94. The molecule has 0 bridgehead atoms. The van der Waals surface area contributed by atoms with Gasteiger partial charge < -0.3 is 9.47 Å². The zero-order valence-corrected chi connectivity index (χ0v) is 14.2. The largest absolute Gasteiger partial charge is 0.497 e. The van der Waals surface area contributed by atoms with E-state index < -0.39 is 17.8 Å². The number of hydrazine groups is 1. The minimum atomic E-state index is -0.497. The topological polar surface area (TPSA) is 84.9 Å². The lowest BCUT2D eigenvalue weighted by atomic mass is 10.1. The number of rotatable bonds is 4. The maximum atomic E-state index is 12.6. The van der Waals surface area contributed by atoms with Crippen molar-refractivity contribution >= 4 is 29.5 Å². The van der Waals surface area contributed by atoms with Crippen molar-refractivity contribution in [3.63, 3.8) is 0 Å². The molecule has 0 spiro atoms. The molecule has 26 heavy (non-hydrogen) atoms. The SMILES string of the molecule is COC(=O)c1ccc(N2NC(=O)/C(=C/c3ccc(OC)cc3)C2=O)cc1. The number of carbonyl (C=O) groups is 3. The second kappa shape index (κ2) is 7.10. The van der Waals surface area contributed by atoms with Crippen LogP contribution < -0.4 is 15.2 Å². The van der Waals surface area contributed by atoms with Gasteiger partial charge in [-0.2, -0.15) is 0 Å². The summed E-state index contributed by atoms with van der Waals surface area (Å²) in [4.78, 5) is 36.2. The molecule has 2 amide bonds. The molecule has 7 heteroatoms. The highest BCUT2D eigenvalue weighted by Gasteiger charge is 2.34. The normalized spacial score (nSPS) is 15.2. The molecule has 1 saturated heterocycles. The highest BCUT2D eigenvalue weighted by atomic mass is 16.5. The number of nitrogens with zero attached hydrogens (tertiary/aromatic N) is 1. The third kappa shape index (κ3) is 3.27. The Morgan fingerprint density at radius 2 is 1.65 bits per heavy atom. The average Bonchev–Trinajstić information content (AvgIpc) is 2.96. The maximum Gasteiger partial charge on any atom is 0.337 e. The van der Waals surface area contributed by atoms with E-state index in [1.165, 1.54) is 25.3 Å². The minimum Gasteiger partial charge on any atom is -0.497 e. The van der Waals surface area contributed by atoms with Gasteiger partial charge in [-0.05, 0) is 48.0 Å². The van der Waals surface area contributed by atoms with E-state index in [4.69, 9.17) is 4.74 Å². The first-order chi connectivity index (χ1) is 12.5. The number of ether oxygens (including phenoxy) is 2. The van der Waals surface area contributed by atoms with Crippen molar-refractivity contribution in [3.8, 4) is 5.75 Å². The minimum absolute atomic E-state index is 0.0206. The first kappa shape index (κ1) is 17.2. The van der Waals surface area contributed by atoms with E-state index in [9.17, 15) is 14.4 Å². The molecule has 0 aromatic heterocycles. The van der Waals surface area contributed by atoms with Crippen molar-refractivity contribution in [1.29, 1.82) is 0 Å². The van der Waals surface area contributed by atoms with Gasteiger partial charge in [0.05, 0.1) is 25.5 Å². The van der Waals surface area contributed by atoms with Crippen molar-refractivity contribution in [1.82, 2.24) is 5.43 Å². The Labute approximate surface area is 149 Å². The molecule has 0 atom stereocenters. The molecule has 3 rings (SSSR count).